The van der Waals surface area contributed by atoms with Crippen molar-refractivity contribution >= 4 is 17.6 Å². The Balaban J connectivity index is 2.46. The number of anilines is 1. The van der Waals surface area contributed by atoms with Gasteiger partial charge >= 0.3 is 5.97 Å². The van der Waals surface area contributed by atoms with Crippen molar-refractivity contribution < 1.29 is 27.9 Å². The molecule has 1 aromatic carbocycles. The Hall–Kier alpha value is -2.05. The van der Waals surface area contributed by atoms with Crippen LogP contribution in [-0.2, 0) is 9.59 Å². The van der Waals surface area contributed by atoms with Gasteiger partial charge in [-0.3, -0.25) is 9.59 Å². The molecule has 1 amide bonds. The molecule has 0 aliphatic heterocycles. The first-order valence-electron chi connectivity index (χ1n) is 5.56. The number of carboxylic acid groups (broad SMARTS) is 1. The second kappa shape index (κ2) is 6.77. The summed E-state index contributed by atoms with van der Waals surface area (Å²) in [5.74, 6) is -5.85. The van der Waals surface area contributed by atoms with Gasteiger partial charge in [-0.2, -0.15) is 0 Å². The molecule has 0 saturated heterocycles. The molecule has 4 nitrogen and oxygen atoms in total. The minimum Gasteiger partial charge on any atom is -0.481 e. The molecular formula is C12H12F3NO3. The fraction of sp³-hybridized carbons (Fsp3) is 0.333. The Labute approximate surface area is 107 Å². The molecule has 0 heterocycles. The highest BCUT2D eigenvalue weighted by Crippen LogP contribution is 2.17. The average Bonchev–Trinajstić information content (AvgIpc) is 2.31. The van der Waals surface area contributed by atoms with E-state index in [1.807, 2.05) is 0 Å². The van der Waals surface area contributed by atoms with Crippen molar-refractivity contribution in [3.8, 4) is 0 Å². The van der Waals surface area contributed by atoms with Crippen LogP contribution < -0.4 is 5.32 Å². The van der Waals surface area contributed by atoms with Crippen LogP contribution >= 0.6 is 0 Å². The number of halogens is 3. The molecule has 0 spiro atoms. The normalized spacial score (nSPS) is 10.3. The predicted octanol–water partition coefficient (Wildman–Crippen LogP) is 2.69. The first-order valence-corrected chi connectivity index (χ1v) is 5.56. The zero-order valence-corrected chi connectivity index (χ0v) is 9.88. The molecule has 0 aromatic heterocycles. The van der Waals surface area contributed by atoms with Crippen LogP contribution in [0, 0.1) is 17.5 Å². The van der Waals surface area contributed by atoms with E-state index in [1.165, 1.54) is 0 Å². The largest absolute Gasteiger partial charge is 0.481 e. The lowest BCUT2D eigenvalue weighted by molar-refractivity contribution is -0.137. The lowest BCUT2D eigenvalue weighted by atomic mass is 10.2. The van der Waals surface area contributed by atoms with E-state index in [0.717, 1.165) is 0 Å². The van der Waals surface area contributed by atoms with Gasteiger partial charge in [0, 0.05) is 30.7 Å². The summed E-state index contributed by atoms with van der Waals surface area (Å²) in [7, 11) is 0. The standard InChI is InChI=1S/C12H12F3NO3/c13-8-5-7(6-9(14)12(8)15)16-10(17)3-1-2-4-11(18)19/h5-6H,1-4H2,(H,16,17)(H,18,19). The summed E-state index contributed by atoms with van der Waals surface area (Å²) in [5.41, 5.74) is -0.181. The van der Waals surface area contributed by atoms with Crippen LogP contribution in [0.2, 0.25) is 0 Å². The van der Waals surface area contributed by atoms with Crippen molar-refractivity contribution in [2.45, 2.75) is 25.7 Å². The lowest BCUT2D eigenvalue weighted by Gasteiger charge is -2.06. The van der Waals surface area contributed by atoms with Gasteiger partial charge < -0.3 is 10.4 Å². The topological polar surface area (TPSA) is 66.4 Å². The number of nitrogens with one attached hydrogen (secondary N) is 1. The number of benzene rings is 1. The summed E-state index contributed by atoms with van der Waals surface area (Å²) in [6, 6.07) is 1.35. The van der Waals surface area contributed by atoms with Gasteiger partial charge in [-0.05, 0) is 12.8 Å². The van der Waals surface area contributed by atoms with E-state index in [0.29, 0.717) is 25.0 Å². The van der Waals surface area contributed by atoms with Gasteiger partial charge in [-0.25, -0.2) is 13.2 Å². The Morgan fingerprint density at radius 2 is 1.58 bits per heavy atom. The zero-order chi connectivity index (χ0) is 14.4. The van der Waals surface area contributed by atoms with E-state index in [-0.39, 0.29) is 18.5 Å². The highest BCUT2D eigenvalue weighted by molar-refractivity contribution is 5.90. The molecule has 104 valence electrons. The Morgan fingerprint density at radius 3 is 2.11 bits per heavy atom. The van der Waals surface area contributed by atoms with Crippen LogP contribution in [0.25, 0.3) is 0 Å². The minimum absolute atomic E-state index is 0.0217. The number of amides is 1. The Bertz CT molecular complexity index is 468. The number of carbonyl (C=O) groups is 2. The number of hydrogen-bond donors (Lipinski definition) is 2. The van der Waals surface area contributed by atoms with Crippen molar-refractivity contribution in [2.75, 3.05) is 5.32 Å². The summed E-state index contributed by atoms with van der Waals surface area (Å²) >= 11 is 0. The number of rotatable bonds is 6. The highest BCUT2D eigenvalue weighted by atomic mass is 19.2. The molecule has 0 atom stereocenters. The van der Waals surface area contributed by atoms with Crippen molar-refractivity contribution in [2.24, 2.45) is 0 Å². The molecule has 7 heteroatoms. The fourth-order valence-electron chi connectivity index (χ4n) is 1.41. The molecule has 0 aliphatic rings. The van der Waals surface area contributed by atoms with E-state index in [9.17, 15) is 22.8 Å². The van der Waals surface area contributed by atoms with Crippen LogP contribution in [0.4, 0.5) is 18.9 Å². The van der Waals surface area contributed by atoms with Crippen molar-refractivity contribution in [1.82, 2.24) is 0 Å². The number of carbonyl (C=O) groups excluding carboxylic acids is 1. The van der Waals surface area contributed by atoms with Crippen LogP contribution in [-0.4, -0.2) is 17.0 Å². The third-order valence-electron chi connectivity index (χ3n) is 2.31. The molecule has 0 fully saturated rings. The molecule has 19 heavy (non-hydrogen) atoms. The monoisotopic (exact) mass is 275 g/mol. The van der Waals surface area contributed by atoms with E-state index >= 15 is 0 Å². The summed E-state index contributed by atoms with van der Waals surface area (Å²) in [6.45, 7) is 0. The van der Waals surface area contributed by atoms with Gasteiger partial charge in [-0.15, -0.1) is 0 Å². The molecule has 0 unspecified atom stereocenters. The van der Waals surface area contributed by atoms with Gasteiger partial charge in [0.15, 0.2) is 17.5 Å². The summed E-state index contributed by atoms with van der Waals surface area (Å²) in [4.78, 5) is 21.6. The van der Waals surface area contributed by atoms with E-state index in [4.69, 9.17) is 5.11 Å². The quantitative estimate of drug-likeness (QED) is 0.619. The highest BCUT2D eigenvalue weighted by Gasteiger charge is 2.12. The number of carboxylic acids is 1. The summed E-state index contributed by atoms with van der Waals surface area (Å²) in [6.07, 6.45) is 0.639. The molecule has 0 aliphatic carbocycles. The third-order valence-corrected chi connectivity index (χ3v) is 2.31. The molecule has 1 rings (SSSR count). The lowest BCUT2D eigenvalue weighted by Crippen LogP contribution is -2.12. The van der Waals surface area contributed by atoms with Crippen LogP contribution in [0.5, 0.6) is 0 Å². The van der Waals surface area contributed by atoms with E-state index < -0.39 is 29.3 Å². The van der Waals surface area contributed by atoms with Gasteiger partial charge in [0.2, 0.25) is 5.91 Å². The molecule has 0 radical (unpaired) electrons. The predicted molar refractivity (Wildman–Crippen MR) is 61.0 cm³/mol. The fourth-order valence-corrected chi connectivity index (χ4v) is 1.41. The number of aliphatic carboxylic acids is 1. The first kappa shape index (κ1) is 15.0. The third kappa shape index (κ3) is 4.99. The van der Waals surface area contributed by atoms with Gasteiger partial charge in [0.1, 0.15) is 0 Å². The summed E-state index contributed by atoms with van der Waals surface area (Å²) < 4.78 is 38.4. The Kier molecular flexibility index (Phi) is 5.35. The van der Waals surface area contributed by atoms with Gasteiger partial charge in [-0.1, -0.05) is 0 Å². The van der Waals surface area contributed by atoms with Crippen LogP contribution in [0.3, 0.4) is 0 Å². The second-order valence-electron chi connectivity index (χ2n) is 3.90. The van der Waals surface area contributed by atoms with Gasteiger partial charge in [0.25, 0.3) is 0 Å². The van der Waals surface area contributed by atoms with E-state index in [2.05, 4.69) is 5.32 Å². The zero-order valence-electron chi connectivity index (χ0n) is 9.88. The Morgan fingerprint density at radius 1 is 1.05 bits per heavy atom. The van der Waals surface area contributed by atoms with E-state index in [1.54, 1.807) is 0 Å². The number of hydrogen-bond acceptors (Lipinski definition) is 2. The van der Waals surface area contributed by atoms with Crippen LogP contribution in [0.15, 0.2) is 12.1 Å². The SMILES string of the molecule is O=C(O)CCCCC(=O)Nc1cc(F)c(F)c(F)c1. The van der Waals surface area contributed by atoms with Gasteiger partial charge in [0.05, 0.1) is 0 Å². The maximum Gasteiger partial charge on any atom is 0.303 e. The molecule has 1 aromatic rings. The molecular weight excluding hydrogens is 263 g/mol. The van der Waals surface area contributed by atoms with Crippen molar-refractivity contribution in [3.05, 3.63) is 29.6 Å². The molecule has 2 N–H and O–H groups in total. The van der Waals surface area contributed by atoms with Crippen LogP contribution in [0.1, 0.15) is 25.7 Å². The maximum absolute atomic E-state index is 12.9. The minimum atomic E-state index is -1.60. The first-order chi connectivity index (χ1) is 8.90. The van der Waals surface area contributed by atoms with Crippen molar-refractivity contribution in [1.29, 1.82) is 0 Å². The smallest absolute Gasteiger partial charge is 0.303 e. The average molecular weight is 275 g/mol. The number of unbranched alkanes of at least 4 members (excludes halogenated alkanes) is 1. The second-order valence-corrected chi connectivity index (χ2v) is 3.90. The molecule has 0 saturated carbocycles. The molecule has 0 bridgehead atoms. The van der Waals surface area contributed by atoms with Crippen molar-refractivity contribution in [3.63, 3.8) is 0 Å². The maximum atomic E-state index is 12.9. The summed E-state index contributed by atoms with van der Waals surface area (Å²) in [5, 5.41) is 10.6.